The Kier molecular flexibility index (Phi) is 5.64. The highest BCUT2D eigenvalue weighted by Gasteiger charge is 2.17. The van der Waals surface area contributed by atoms with Crippen LogP contribution in [0.4, 0.5) is 5.69 Å². The smallest absolute Gasteiger partial charge is 0.272 e. The minimum absolute atomic E-state index is 0.0226. The molecule has 150 valence electrons. The van der Waals surface area contributed by atoms with Gasteiger partial charge < -0.3 is 5.32 Å². The SMILES string of the molecule is CCCn1c(=O)c2sccc2n2c(CCCC(=O)Nc3ccc(Cl)cc3)nnc12. The van der Waals surface area contributed by atoms with E-state index < -0.39 is 0 Å². The third-order valence-electron chi connectivity index (χ3n) is 4.66. The number of rotatable bonds is 7. The summed E-state index contributed by atoms with van der Waals surface area (Å²) in [4.78, 5) is 24.9. The maximum atomic E-state index is 12.7. The molecule has 0 saturated carbocycles. The van der Waals surface area contributed by atoms with E-state index in [0.717, 1.165) is 23.4 Å². The first-order valence-electron chi connectivity index (χ1n) is 9.48. The number of fused-ring (bicyclic) bond motifs is 3. The zero-order chi connectivity index (χ0) is 20.4. The van der Waals surface area contributed by atoms with Crippen LogP contribution in [-0.2, 0) is 17.8 Å². The molecule has 4 rings (SSSR count). The molecule has 0 saturated heterocycles. The van der Waals surface area contributed by atoms with Crippen molar-refractivity contribution in [3.63, 3.8) is 0 Å². The third kappa shape index (κ3) is 3.90. The van der Waals surface area contributed by atoms with Crippen LogP contribution >= 0.6 is 22.9 Å². The van der Waals surface area contributed by atoms with Crippen molar-refractivity contribution in [3.05, 3.63) is 56.9 Å². The zero-order valence-corrected chi connectivity index (χ0v) is 17.5. The summed E-state index contributed by atoms with van der Waals surface area (Å²) in [6.45, 7) is 2.62. The van der Waals surface area contributed by atoms with Crippen LogP contribution in [0.1, 0.15) is 32.0 Å². The van der Waals surface area contributed by atoms with E-state index in [1.165, 1.54) is 11.3 Å². The summed E-state index contributed by atoms with van der Waals surface area (Å²) in [5.41, 5.74) is 1.52. The molecule has 0 unspecified atom stereocenters. The van der Waals surface area contributed by atoms with Gasteiger partial charge in [0.1, 0.15) is 10.5 Å². The normalized spacial score (nSPS) is 11.4. The summed E-state index contributed by atoms with van der Waals surface area (Å²) in [5.74, 6) is 1.25. The summed E-state index contributed by atoms with van der Waals surface area (Å²) >= 11 is 7.29. The van der Waals surface area contributed by atoms with Gasteiger partial charge in [0.25, 0.3) is 5.56 Å². The predicted molar refractivity (Wildman–Crippen MR) is 116 cm³/mol. The van der Waals surface area contributed by atoms with E-state index in [2.05, 4.69) is 15.5 Å². The molecule has 0 spiro atoms. The predicted octanol–water partition coefficient (Wildman–Crippen LogP) is 4.13. The average Bonchev–Trinajstić information content (AvgIpc) is 3.34. The maximum absolute atomic E-state index is 12.7. The van der Waals surface area contributed by atoms with Gasteiger partial charge in [-0.05, 0) is 48.6 Å². The molecule has 0 radical (unpaired) electrons. The van der Waals surface area contributed by atoms with Gasteiger partial charge in [0.15, 0.2) is 0 Å². The summed E-state index contributed by atoms with van der Waals surface area (Å²) in [6.07, 6.45) is 2.40. The molecule has 3 aromatic heterocycles. The topological polar surface area (TPSA) is 81.3 Å². The zero-order valence-electron chi connectivity index (χ0n) is 15.9. The first-order valence-corrected chi connectivity index (χ1v) is 10.7. The summed E-state index contributed by atoms with van der Waals surface area (Å²) < 4.78 is 4.33. The van der Waals surface area contributed by atoms with Crippen molar-refractivity contribution in [2.45, 2.75) is 39.2 Å². The highest BCUT2D eigenvalue weighted by molar-refractivity contribution is 7.17. The van der Waals surface area contributed by atoms with Crippen molar-refractivity contribution >= 4 is 50.5 Å². The molecule has 1 N–H and O–H groups in total. The Morgan fingerprint density at radius 2 is 2.00 bits per heavy atom. The van der Waals surface area contributed by atoms with Crippen LogP contribution in [0.3, 0.4) is 0 Å². The number of nitrogens with zero attached hydrogens (tertiary/aromatic N) is 4. The second kappa shape index (κ2) is 8.34. The molecule has 3 heterocycles. The lowest BCUT2D eigenvalue weighted by Gasteiger charge is -2.08. The summed E-state index contributed by atoms with van der Waals surface area (Å²) in [5, 5.41) is 14.0. The lowest BCUT2D eigenvalue weighted by molar-refractivity contribution is -0.116. The van der Waals surface area contributed by atoms with E-state index in [1.807, 2.05) is 22.8 Å². The second-order valence-corrected chi connectivity index (χ2v) is 8.10. The molecule has 9 heteroatoms. The molecule has 0 aliphatic rings. The van der Waals surface area contributed by atoms with E-state index in [9.17, 15) is 9.59 Å². The number of thiophene rings is 1. The van der Waals surface area contributed by atoms with Crippen LogP contribution in [0.5, 0.6) is 0 Å². The van der Waals surface area contributed by atoms with E-state index in [0.29, 0.717) is 41.3 Å². The lowest BCUT2D eigenvalue weighted by atomic mass is 10.2. The van der Waals surface area contributed by atoms with Gasteiger partial charge in [0.2, 0.25) is 11.7 Å². The number of hydrogen-bond donors (Lipinski definition) is 1. The summed E-state index contributed by atoms with van der Waals surface area (Å²) in [7, 11) is 0. The van der Waals surface area contributed by atoms with E-state index in [-0.39, 0.29) is 11.5 Å². The number of benzene rings is 1. The fourth-order valence-electron chi connectivity index (χ4n) is 3.33. The van der Waals surface area contributed by atoms with Crippen molar-refractivity contribution in [3.8, 4) is 0 Å². The minimum atomic E-state index is -0.0651. The average molecular weight is 430 g/mol. The van der Waals surface area contributed by atoms with Crippen LogP contribution in [0.25, 0.3) is 16.0 Å². The van der Waals surface area contributed by atoms with Crippen molar-refractivity contribution in [1.82, 2.24) is 19.2 Å². The molecule has 4 aromatic rings. The minimum Gasteiger partial charge on any atom is -0.326 e. The van der Waals surface area contributed by atoms with Crippen LogP contribution in [0.2, 0.25) is 5.02 Å². The lowest BCUT2D eigenvalue weighted by Crippen LogP contribution is -2.22. The Bertz CT molecular complexity index is 1230. The number of halogens is 1. The molecular weight excluding hydrogens is 410 g/mol. The number of carbonyl (C=O) groups excluding carboxylic acids is 1. The Balaban J connectivity index is 1.52. The molecule has 0 aliphatic heterocycles. The van der Waals surface area contributed by atoms with E-state index in [4.69, 9.17) is 11.6 Å². The molecule has 7 nitrogen and oxygen atoms in total. The monoisotopic (exact) mass is 429 g/mol. The molecule has 1 aromatic carbocycles. The molecule has 0 atom stereocenters. The van der Waals surface area contributed by atoms with E-state index in [1.54, 1.807) is 28.8 Å². The van der Waals surface area contributed by atoms with Crippen LogP contribution in [0, 0.1) is 0 Å². The summed E-state index contributed by atoms with van der Waals surface area (Å²) in [6, 6.07) is 8.94. The van der Waals surface area contributed by atoms with E-state index >= 15 is 0 Å². The van der Waals surface area contributed by atoms with Gasteiger partial charge >= 0.3 is 0 Å². The first-order chi connectivity index (χ1) is 14.1. The molecule has 0 fully saturated rings. The highest BCUT2D eigenvalue weighted by Crippen LogP contribution is 2.21. The van der Waals surface area contributed by atoms with Gasteiger partial charge in [-0.1, -0.05) is 18.5 Å². The Morgan fingerprint density at radius 3 is 2.76 bits per heavy atom. The Labute approximate surface area is 175 Å². The van der Waals surface area contributed by atoms with Gasteiger partial charge in [-0.2, -0.15) is 0 Å². The van der Waals surface area contributed by atoms with Crippen molar-refractivity contribution in [1.29, 1.82) is 0 Å². The third-order valence-corrected chi connectivity index (χ3v) is 5.80. The highest BCUT2D eigenvalue weighted by atomic mass is 35.5. The number of hydrogen-bond acceptors (Lipinski definition) is 5. The molecular formula is C20H20ClN5O2S. The fourth-order valence-corrected chi connectivity index (χ4v) is 4.28. The molecule has 0 bridgehead atoms. The van der Waals surface area contributed by atoms with Gasteiger partial charge in [-0.25, -0.2) is 0 Å². The number of aromatic nitrogens is 4. The number of nitrogens with one attached hydrogen (secondary N) is 1. The molecule has 29 heavy (non-hydrogen) atoms. The van der Waals surface area contributed by atoms with Crippen LogP contribution in [0.15, 0.2) is 40.5 Å². The number of carbonyl (C=O) groups is 1. The standard InChI is InChI=1S/C20H20ClN5O2S/c1-2-11-25-19(28)18-15(10-12-29-18)26-16(23-24-20(25)26)4-3-5-17(27)22-14-8-6-13(21)7-9-14/h6-10,12H,2-5,11H2,1H3,(H,22,27). The van der Waals surface area contributed by atoms with Crippen molar-refractivity contribution in [2.75, 3.05) is 5.32 Å². The first kappa shape index (κ1) is 19.6. The van der Waals surface area contributed by atoms with Gasteiger partial charge in [0, 0.05) is 30.1 Å². The number of aryl methyl sites for hydroxylation is 2. The van der Waals surface area contributed by atoms with Crippen molar-refractivity contribution < 1.29 is 4.79 Å². The second-order valence-electron chi connectivity index (χ2n) is 6.75. The quantitative estimate of drug-likeness (QED) is 0.479. The Morgan fingerprint density at radius 1 is 1.21 bits per heavy atom. The van der Waals surface area contributed by atoms with Gasteiger partial charge in [0.05, 0.1) is 5.52 Å². The van der Waals surface area contributed by atoms with Crippen LogP contribution < -0.4 is 10.9 Å². The van der Waals surface area contributed by atoms with Crippen LogP contribution in [-0.4, -0.2) is 25.1 Å². The van der Waals surface area contributed by atoms with Gasteiger partial charge in [-0.3, -0.25) is 18.6 Å². The largest absolute Gasteiger partial charge is 0.326 e. The van der Waals surface area contributed by atoms with Crippen molar-refractivity contribution in [2.24, 2.45) is 0 Å². The fraction of sp³-hybridized carbons (Fsp3) is 0.300. The number of amides is 1. The number of anilines is 1. The van der Waals surface area contributed by atoms with Gasteiger partial charge in [-0.15, -0.1) is 21.5 Å². The maximum Gasteiger partial charge on any atom is 0.272 e. The Hall–Kier alpha value is -2.71. The molecule has 0 aliphatic carbocycles. The molecule has 1 amide bonds.